The molecule has 0 aliphatic carbocycles. The highest BCUT2D eigenvalue weighted by Crippen LogP contribution is 2.22. The van der Waals surface area contributed by atoms with Crippen LogP contribution in [0, 0.1) is 0 Å². The summed E-state index contributed by atoms with van der Waals surface area (Å²) in [5.41, 5.74) is 2.23. The molecule has 2 aromatic carbocycles. The molecular weight excluding hydrogens is 348 g/mol. The first kappa shape index (κ1) is 18.6. The fraction of sp³-hybridized carbons (Fsp3) is 0.381. The number of hydrogen-bond acceptors (Lipinski definition) is 3. The Morgan fingerprint density at radius 1 is 1.12 bits per heavy atom. The molecule has 1 heterocycles. The van der Waals surface area contributed by atoms with Crippen LogP contribution in [0.15, 0.2) is 48.5 Å². The maximum Gasteiger partial charge on any atom is 0.263 e. The summed E-state index contributed by atoms with van der Waals surface area (Å²) >= 11 is 6.08. The minimum absolute atomic E-state index is 0.0432. The molecule has 5 heteroatoms. The maximum atomic E-state index is 12.8. The van der Waals surface area contributed by atoms with Gasteiger partial charge in [0.25, 0.3) is 5.91 Å². The number of para-hydroxylation sites is 1. The molecular formula is C21H25ClN2O2. The van der Waals surface area contributed by atoms with Crippen molar-refractivity contribution in [1.82, 2.24) is 4.90 Å². The molecule has 26 heavy (non-hydrogen) atoms. The van der Waals surface area contributed by atoms with E-state index in [1.165, 1.54) is 0 Å². The van der Waals surface area contributed by atoms with Crippen molar-refractivity contribution in [2.24, 2.45) is 0 Å². The molecule has 3 rings (SSSR count). The van der Waals surface area contributed by atoms with E-state index < -0.39 is 6.10 Å². The number of benzene rings is 2. The summed E-state index contributed by atoms with van der Waals surface area (Å²) in [7, 11) is 0. The third-order valence-electron chi connectivity index (χ3n) is 4.77. The number of carbonyl (C=O) groups is 1. The van der Waals surface area contributed by atoms with E-state index in [9.17, 15) is 4.79 Å². The molecule has 1 amide bonds. The highest BCUT2D eigenvalue weighted by atomic mass is 35.5. The summed E-state index contributed by atoms with van der Waals surface area (Å²) in [5.74, 6) is 0.843. The van der Waals surface area contributed by atoms with Gasteiger partial charge in [-0.2, -0.15) is 0 Å². The van der Waals surface area contributed by atoms with Gasteiger partial charge in [-0.25, -0.2) is 0 Å². The Hall–Kier alpha value is -2.20. The summed E-state index contributed by atoms with van der Waals surface area (Å²) in [4.78, 5) is 16.9. The van der Waals surface area contributed by atoms with E-state index in [-0.39, 0.29) is 5.91 Å². The standard InChI is InChI=1S/C21H25ClN2O2/c1-3-17-7-4-5-10-20(17)26-16(2)21(25)24-13-11-23(12-14-24)19-9-6-8-18(22)15-19/h4-10,15-16H,3,11-14H2,1-2H3. The Bertz CT molecular complexity index is 757. The zero-order chi connectivity index (χ0) is 18.5. The number of anilines is 1. The van der Waals surface area contributed by atoms with Crippen molar-refractivity contribution in [3.05, 3.63) is 59.1 Å². The largest absolute Gasteiger partial charge is 0.481 e. The number of amides is 1. The molecule has 0 saturated carbocycles. The lowest BCUT2D eigenvalue weighted by Crippen LogP contribution is -2.52. The van der Waals surface area contributed by atoms with Gasteiger partial charge in [-0.15, -0.1) is 0 Å². The van der Waals surface area contributed by atoms with Crippen molar-refractivity contribution in [3.63, 3.8) is 0 Å². The van der Waals surface area contributed by atoms with Crippen molar-refractivity contribution >= 4 is 23.2 Å². The quantitative estimate of drug-likeness (QED) is 0.794. The molecule has 0 spiro atoms. The highest BCUT2D eigenvalue weighted by Gasteiger charge is 2.26. The maximum absolute atomic E-state index is 12.8. The number of nitrogens with zero attached hydrogens (tertiary/aromatic N) is 2. The van der Waals surface area contributed by atoms with Gasteiger partial charge in [0, 0.05) is 36.9 Å². The Morgan fingerprint density at radius 2 is 1.85 bits per heavy atom. The molecule has 0 N–H and O–H groups in total. The zero-order valence-electron chi connectivity index (χ0n) is 15.3. The molecule has 0 bridgehead atoms. The molecule has 2 aromatic rings. The van der Waals surface area contributed by atoms with Gasteiger partial charge < -0.3 is 14.5 Å². The first-order valence-corrected chi connectivity index (χ1v) is 9.50. The van der Waals surface area contributed by atoms with E-state index in [2.05, 4.69) is 17.9 Å². The fourth-order valence-electron chi connectivity index (χ4n) is 3.27. The molecule has 1 aliphatic rings. The zero-order valence-corrected chi connectivity index (χ0v) is 16.1. The van der Waals surface area contributed by atoms with Gasteiger partial charge in [0.05, 0.1) is 0 Å². The second-order valence-corrected chi connectivity index (χ2v) is 6.95. The average molecular weight is 373 g/mol. The van der Waals surface area contributed by atoms with Gasteiger partial charge in [-0.3, -0.25) is 4.79 Å². The molecule has 1 fully saturated rings. The Kier molecular flexibility index (Phi) is 6.04. The van der Waals surface area contributed by atoms with Crippen LogP contribution in [0.2, 0.25) is 5.02 Å². The third-order valence-corrected chi connectivity index (χ3v) is 5.00. The van der Waals surface area contributed by atoms with Gasteiger partial charge in [0.1, 0.15) is 5.75 Å². The number of hydrogen-bond donors (Lipinski definition) is 0. The number of carbonyl (C=O) groups excluding carboxylic acids is 1. The number of aryl methyl sites for hydroxylation is 1. The Labute approximate surface area is 160 Å². The third kappa shape index (κ3) is 4.31. The average Bonchev–Trinajstić information content (AvgIpc) is 2.68. The predicted octanol–water partition coefficient (Wildman–Crippen LogP) is 4.02. The molecule has 0 radical (unpaired) electrons. The predicted molar refractivity (Wildman–Crippen MR) is 106 cm³/mol. The first-order chi connectivity index (χ1) is 12.6. The van der Waals surface area contributed by atoms with E-state index in [1.807, 2.05) is 54.3 Å². The summed E-state index contributed by atoms with van der Waals surface area (Å²) in [6, 6.07) is 15.7. The second-order valence-electron chi connectivity index (χ2n) is 6.51. The lowest BCUT2D eigenvalue weighted by molar-refractivity contribution is -0.138. The van der Waals surface area contributed by atoms with Gasteiger partial charge in [-0.05, 0) is 43.2 Å². The van der Waals surface area contributed by atoms with Gasteiger partial charge >= 0.3 is 0 Å². The number of halogens is 1. The Balaban J connectivity index is 1.57. The van der Waals surface area contributed by atoms with Gasteiger partial charge in [-0.1, -0.05) is 42.8 Å². The first-order valence-electron chi connectivity index (χ1n) is 9.12. The smallest absolute Gasteiger partial charge is 0.263 e. The van der Waals surface area contributed by atoms with Crippen LogP contribution in [-0.2, 0) is 11.2 Å². The van der Waals surface area contributed by atoms with Crippen molar-refractivity contribution in [2.45, 2.75) is 26.4 Å². The fourth-order valence-corrected chi connectivity index (χ4v) is 3.45. The summed E-state index contributed by atoms with van der Waals surface area (Å²) < 4.78 is 5.96. The van der Waals surface area contributed by atoms with E-state index in [1.54, 1.807) is 0 Å². The van der Waals surface area contributed by atoms with Crippen LogP contribution in [-0.4, -0.2) is 43.1 Å². The van der Waals surface area contributed by atoms with Crippen LogP contribution in [0.3, 0.4) is 0 Å². The lowest BCUT2D eigenvalue weighted by atomic mass is 10.1. The van der Waals surface area contributed by atoms with E-state index >= 15 is 0 Å². The van der Waals surface area contributed by atoms with Gasteiger partial charge in [0.15, 0.2) is 6.10 Å². The molecule has 138 valence electrons. The molecule has 1 aliphatic heterocycles. The molecule has 0 aromatic heterocycles. The number of ether oxygens (including phenoxy) is 1. The topological polar surface area (TPSA) is 32.8 Å². The van der Waals surface area contributed by atoms with E-state index in [4.69, 9.17) is 16.3 Å². The SMILES string of the molecule is CCc1ccccc1OC(C)C(=O)N1CCN(c2cccc(Cl)c2)CC1. The van der Waals surface area contributed by atoms with Crippen molar-refractivity contribution in [3.8, 4) is 5.75 Å². The summed E-state index contributed by atoms with van der Waals surface area (Å²) in [6.45, 7) is 6.89. The van der Waals surface area contributed by atoms with Gasteiger partial charge in [0.2, 0.25) is 0 Å². The summed E-state index contributed by atoms with van der Waals surface area (Å²) in [5, 5.41) is 0.734. The number of rotatable bonds is 5. The molecule has 1 unspecified atom stereocenters. The minimum atomic E-state index is -0.486. The summed E-state index contributed by atoms with van der Waals surface area (Å²) in [6.07, 6.45) is 0.399. The normalized spacial score (nSPS) is 15.7. The molecule has 1 saturated heterocycles. The monoisotopic (exact) mass is 372 g/mol. The van der Waals surface area contributed by atoms with E-state index in [0.29, 0.717) is 13.1 Å². The van der Waals surface area contributed by atoms with Crippen molar-refractivity contribution < 1.29 is 9.53 Å². The van der Waals surface area contributed by atoms with Crippen LogP contribution in [0.5, 0.6) is 5.75 Å². The second kappa shape index (κ2) is 8.45. The minimum Gasteiger partial charge on any atom is -0.481 e. The number of piperazine rings is 1. The molecule has 1 atom stereocenters. The Morgan fingerprint density at radius 3 is 2.54 bits per heavy atom. The van der Waals surface area contributed by atoms with Crippen LogP contribution in [0.4, 0.5) is 5.69 Å². The van der Waals surface area contributed by atoms with Crippen molar-refractivity contribution in [2.75, 3.05) is 31.1 Å². The lowest BCUT2D eigenvalue weighted by Gasteiger charge is -2.37. The highest BCUT2D eigenvalue weighted by molar-refractivity contribution is 6.30. The van der Waals surface area contributed by atoms with Crippen molar-refractivity contribution in [1.29, 1.82) is 0 Å². The van der Waals surface area contributed by atoms with E-state index in [0.717, 1.165) is 41.5 Å². The van der Waals surface area contributed by atoms with Crippen LogP contribution in [0.25, 0.3) is 0 Å². The van der Waals surface area contributed by atoms with Crippen LogP contribution >= 0.6 is 11.6 Å². The van der Waals surface area contributed by atoms with Crippen LogP contribution in [0.1, 0.15) is 19.4 Å². The van der Waals surface area contributed by atoms with Crippen LogP contribution < -0.4 is 9.64 Å². The molecule has 4 nitrogen and oxygen atoms in total.